The lowest BCUT2D eigenvalue weighted by molar-refractivity contribution is 0.301. The minimum absolute atomic E-state index is 0.534. The number of rotatable bonds is 6. The van der Waals surface area contributed by atoms with Crippen LogP contribution in [0, 0.1) is 0 Å². The van der Waals surface area contributed by atoms with Crippen LogP contribution in [-0.2, 0) is 6.61 Å². The van der Waals surface area contributed by atoms with Gasteiger partial charge in [0.1, 0.15) is 18.1 Å². The molecule has 100 valence electrons. The normalized spacial score (nSPS) is 10.2. The molecule has 0 heterocycles. The van der Waals surface area contributed by atoms with Gasteiger partial charge in [0, 0.05) is 6.07 Å². The Balaban J connectivity index is 1.96. The zero-order valence-electron chi connectivity index (χ0n) is 10.9. The van der Waals surface area contributed by atoms with Crippen molar-refractivity contribution in [2.45, 2.75) is 20.0 Å². The zero-order chi connectivity index (χ0) is 13.5. The number of benzene rings is 2. The first-order valence-electron chi connectivity index (χ1n) is 6.38. The Kier molecular flexibility index (Phi) is 5.10. The summed E-state index contributed by atoms with van der Waals surface area (Å²) in [6, 6.07) is 15.5. The molecular weight excluding hydrogens is 260 g/mol. The maximum atomic E-state index is 6.14. The first kappa shape index (κ1) is 13.8. The highest BCUT2D eigenvalue weighted by molar-refractivity contribution is 6.32. The van der Waals surface area contributed by atoms with Crippen LogP contribution in [0.5, 0.6) is 11.5 Å². The van der Waals surface area contributed by atoms with Gasteiger partial charge < -0.3 is 9.47 Å². The molecule has 0 bridgehead atoms. The minimum atomic E-state index is 0.534. The Hall–Kier alpha value is -1.67. The number of hydrogen-bond acceptors (Lipinski definition) is 2. The van der Waals surface area contributed by atoms with E-state index in [-0.39, 0.29) is 0 Å². The van der Waals surface area contributed by atoms with Crippen LogP contribution < -0.4 is 9.47 Å². The molecule has 0 amide bonds. The molecule has 0 aromatic heterocycles. The summed E-state index contributed by atoms with van der Waals surface area (Å²) in [4.78, 5) is 0. The highest BCUT2D eigenvalue weighted by atomic mass is 35.5. The average Bonchev–Trinajstić information content (AvgIpc) is 2.45. The summed E-state index contributed by atoms with van der Waals surface area (Å²) in [6.07, 6.45) is 0.961. The first-order chi connectivity index (χ1) is 9.29. The number of halogens is 1. The van der Waals surface area contributed by atoms with Crippen molar-refractivity contribution in [1.29, 1.82) is 0 Å². The smallest absolute Gasteiger partial charge is 0.138 e. The lowest BCUT2D eigenvalue weighted by Crippen LogP contribution is -1.97. The van der Waals surface area contributed by atoms with Gasteiger partial charge in [-0.05, 0) is 24.1 Å². The second kappa shape index (κ2) is 7.05. The molecule has 0 saturated heterocycles. The summed E-state index contributed by atoms with van der Waals surface area (Å²) >= 11 is 6.14. The van der Waals surface area contributed by atoms with E-state index in [2.05, 4.69) is 6.92 Å². The van der Waals surface area contributed by atoms with Gasteiger partial charge in [-0.3, -0.25) is 0 Å². The van der Waals surface area contributed by atoms with E-state index >= 15 is 0 Å². The van der Waals surface area contributed by atoms with Crippen molar-refractivity contribution >= 4 is 11.6 Å². The van der Waals surface area contributed by atoms with Gasteiger partial charge in [0.05, 0.1) is 11.6 Å². The lowest BCUT2D eigenvalue weighted by Gasteiger charge is -2.10. The monoisotopic (exact) mass is 276 g/mol. The van der Waals surface area contributed by atoms with Gasteiger partial charge in [0.15, 0.2) is 0 Å². The zero-order valence-corrected chi connectivity index (χ0v) is 11.7. The van der Waals surface area contributed by atoms with Gasteiger partial charge in [0.2, 0.25) is 0 Å². The largest absolute Gasteiger partial charge is 0.492 e. The Labute approximate surface area is 118 Å². The maximum Gasteiger partial charge on any atom is 0.138 e. The predicted molar refractivity (Wildman–Crippen MR) is 78.0 cm³/mol. The molecule has 2 aromatic rings. The van der Waals surface area contributed by atoms with E-state index in [9.17, 15) is 0 Å². The fourth-order valence-electron chi connectivity index (χ4n) is 1.64. The van der Waals surface area contributed by atoms with E-state index in [1.54, 1.807) is 6.07 Å². The standard InChI is InChI=1S/C16H17ClO2/c1-2-10-18-16-9-8-14(11-15(16)17)19-12-13-6-4-3-5-7-13/h3-9,11H,2,10,12H2,1H3. The van der Waals surface area contributed by atoms with E-state index in [0.29, 0.717) is 24.0 Å². The summed E-state index contributed by atoms with van der Waals surface area (Å²) in [5.74, 6) is 1.45. The van der Waals surface area contributed by atoms with E-state index < -0.39 is 0 Å². The maximum absolute atomic E-state index is 6.14. The highest BCUT2D eigenvalue weighted by Crippen LogP contribution is 2.29. The van der Waals surface area contributed by atoms with Crippen LogP contribution in [0.1, 0.15) is 18.9 Å². The fraction of sp³-hybridized carbons (Fsp3) is 0.250. The Bertz CT molecular complexity index is 511. The topological polar surface area (TPSA) is 18.5 Å². The van der Waals surface area contributed by atoms with E-state index in [1.807, 2.05) is 42.5 Å². The molecule has 0 spiro atoms. The molecule has 0 N–H and O–H groups in total. The van der Waals surface area contributed by atoms with Crippen molar-refractivity contribution in [3.05, 3.63) is 59.1 Å². The Morgan fingerprint density at radius 3 is 2.47 bits per heavy atom. The third kappa shape index (κ3) is 4.18. The summed E-state index contributed by atoms with van der Waals surface area (Å²) in [7, 11) is 0. The fourth-order valence-corrected chi connectivity index (χ4v) is 1.87. The Morgan fingerprint density at radius 2 is 1.79 bits per heavy atom. The van der Waals surface area contributed by atoms with Crippen molar-refractivity contribution in [3.63, 3.8) is 0 Å². The molecule has 0 saturated carbocycles. The van der Waals surface area contributed by atoms with Crippen molar-refractivity contribution < 1.29 is 9.47 Å². The first-order valence-corrected chi connectivity index (χ1v) is 6.76. The van der Waals surface area contributed by atoms with Crippen LogP contribution in [0.3, 0.4) is 0 Å². The molecule has 0 radical (unpaired) electrons. The summed E-state index contributed by atoms with van der Waals surface area (Å²) in [6.45, 7) is 3.27. The van der Waals surface area contributed by atoms with Crippen LogP contribution in [0.4, 0.5) is 0 Å². The van der Waals surface area contributed by atoms with Crippen LogP contribution in [0.15, 0.2) is 48.5 Å². The van der Waals surface area contributed by atoms with Gasteiger partial charge in [-0.15, -0.1) is 0 Å². The SMILES string of the molecule is CCCOc1ccc(OCc2ccccc2)cc1Cl. The molecular formula is C16H17ClO2. The Morgan fingerprint density at radius 1 is 1.00 bits per heavy atom. The molecule has 0 atom stereocenters. The molecule has 3 heteroatoms. The van der Waals surface area contributed by atoms with Gasteiger partial charge in [-0.2, -0.15) is 0 Å². The van der Waals surface area contributed by atoms with Crippen molar-refractivity contribution in [1.82, 2.24) is 0 Å². The average molecular weight is 277 g/mol. The van der Waals surface area contributed by atoms with Crippen LogP contribution in [-0.4, -0.2) is 6.61 Å². The molecule has 0 unspecified atom stereocenters. The molecule has 0 aliphatic carbocycles. The van der Waals surface area contributed by atoms with Crippen molar-refractivity contribution in [2.75, 3.05) is 6.61 Å². The molecule has 2 rings (SSSR count). The van der Waals surface area contributed by atoms with Crippen LogP contribution in [0.2, 0.25) is 5.02 Å². The highest BCUT2D eigenvalue weighted by Gasteiger charge is 2.04. The van der Waals surface area contributed by atoms with Crippen LogP contribution in [0.25, 0.3) is 0 Å². The van der Waals surface area contributed by atoms with Crippen molar-refractivity contribution in [2.24, 2.45) is 0 Å². The number of hydrogen-bond donors (Lipinski definition) is 0. The van der Waals surface area contributed by atoms with Gasteiger partial charge in [-0.25, -0.2) is 0 Å². The molecule has 19 heavy (non-hydrogen) atoms. The quantitative estimate of drug-likeness (QED) is 0.761. The van der Waals surface area contributed by atoms with Crippen molar-refractivity contribution in [3.8, 4) is 11.5 Å². The van der Waals surface area contributed by atoms with E-state index in [1.165, 1.54) is 0 Å². The third-order valence-corrected chi connectivity index (χ3v) is 2.91. The molecule has 0 aliphatic heterocycles. The predicted octanol–water partition coefficient (Wildman–Crippen LogP) is 4.71. The molecule has 2 aromatic carbocycles. The summed E-state index contributed by atoms with van der Waals surface area (Å²) in [5.41, 5.74) is 1.13. The van der Waals surface area contributed by atoms with E-state index in [0.717, 1.165) is 17.7 Å². The number of ether oxygens (including phenoxy) is 2. The van der Waals surface area contributed by atoms with E-state index in [4.69, 9.17) is 21.1 Å². The summed E-state index contributed by atoms with van der Waals surface area (Å²) in [5, 5.41) is 0.582. The van der Waals surface area contributed by atoms with Gasteiger partial charge in [-0.1, -0.05) is 48.9 Å². The molecule has 0 aliphatic rings. The minimum Gasteiger partial charge on any atom is -0.492 e. The van der Waals surface area contributed by atoms with Gasteiger partial charge in [0.25, 0.3) is 0 Å². The van der Waals surface area contributed by atoms with Gasteiger partial charge >= 0.3 is 0 Å². The van der Waals surface area contributed by atoms with Crippen LogP contribution >= 0.6 is 11.6 Å². The third-order valence-electron chi connectivity index (χ3n) is 2.61. The lowest BCUT2D eigenvalue weighted by atomic mass is 10.2. The second-order valence-electron chi connectivity index (χ2n) is 4.21. The summed E-state index contributed by atoms with van der Waals surface area (Å²) < 4.78 is 11.2. The second-order valence-corrected chi connectivity index (χ2v) is 4.62. The molecule has 0 fully saturated rings. The molecule has 2 nitrogen and oxygen atoms in total.